The number of carbonyl (C=O) groups is 1. The van der Waals surface area contributed by atoms with Gasteiger partial charge < -0.3 is 10.6 Å². The van der Waals surface area contributed by atoms with Crippen molar-refractivity contribution < 1.29 is 4.79 Å². The van der Waals surface area contributed by atoms with E-state index in [1.54, 1.807) is 4.90 Å². The van der Waals surface area contributed by atoms with Crippen LogP contribution >= 0.6 is 25.3 Å². The maximum atomic E-state index is 12.0. The van der Waals surface area contributed by atoms with E-state index in [1.807, 2.05) is 6.92 Å². The van der Waals surface area contributed by atoms with E-state index < -0.39 is 0 Å². The van der Waals surface area contributed by atoms with Crippen molar-refractivity contribution in [1.29, 1.82) is 0 Å². The van der Waals surface area contributed by atoms with Crippen LogP contribution in [0.25, 0.3) is 0 Å². The van der Waals surface area contributed by atoms with Gasteiger partial charge in [0.15, 0.2) is 5.78 Å². The van der Waals surface area contributed by atoms with Gasteiger partial charge in [-0.2, -0.15) is 25.3 Å². The van der Waals surface area contributed by atoms with Crippen molar-refractivity contribution in [2.75, 3.05) is 6.54 Å². The maximum absolute atomic E-state index is 12.0. The Bertz CT molecular complexity index is 341. The lowest BCUT2D eigenvalue weighted by Crippen LogP contribution is -2.32. The van der Waals surface area contributed by atoms with Crippen molar-refractivity contribution in [2.24, 2.45) is 5.73 Å². The summed E-state index contributed by atoms with van der Waals surface area (Å²) in [5.74, 6) is 0.0608. The number of nitrogens with zero attached hydrogens (tertiary/aromatic N) is 1. The molecule has 0 spiro atoms. The Morgan fingerprint density at radius 3 is 2.59 bits per heavy atom. The molecule has 1 saturated heterocycles. The minimum absolute atomic E-state index is 0.0608. The van der Waals surface area contributed by atoms with E-state index in [2.05, 4.69) is 38.4 Å². The molecule has 17 heavy (non-hydrogen) atoms. The minimum Gasteiger partial charge on any atom is -0.341 e. The first-order valence-electron chi connectivity index (χ1n) is 5.61. The maximum Gasteiger partial charge on any atom is 0.165 e. The molecule has 0 amide bonds. The Hall–Kier alpha value is -0.390. The van der Waals surface area contributed by atoms with E-state index in [-0.39, 0.29) is 28.9 Å². The molecule has 0 radical (unpaired) electrons. The molecule has 0 aliphatic carbocycles. The van der Waals surface area contributed by atoms with E-state index >= 15 is 0 Å². The summed E-state index contributed by atoms with van der Waals surface area (Å²) < 4.78 is 0. The lowest BCUT2D eigenvalue weighted by atomic mass is 10.1. The molecule has 1 rings (SSSR count). The minimum atomic E-state index is -0.292. The molecular formula is C12H20N2OS2. The standard InChI is InChI=1S/C12H20N2OS2/c1-7-4-10(13)9(3)14(7)6-11(15)12(17)5-8(2)16/h8,10,12,16-17H,1,3-6,13H2,2H3. The summed E-state index contributed by atoms with van der Waals surface area (Å²) >= 11 is 8.56. The van der Waals surface area contributed by atoms with Crippen LogP contribution in [0.5, 0.6) is 0 Å². The summed E-state index contributed by atoms with van der Waals surface area (Å²) in [6, 6.07) is -0.113. The fourth-order valence-corrected chi connectivity index (χ4v) is 2.59. The Morgan fingerprint density at radius 2 is 2.18 bits per heavy atom. The van der Waals surface area contributed by atoms with Crippen LogP contribution in [0.4, 0.5) is 0 Å². The number of hydrogen-bond donors (Lipinski definition) is 3. The van der Waals surface area contributed by atoms with Crippen molar-refractivity contribution in [3.05, 3.63) is 24.6 Å². The number of nitrogens with two attached hydrogens (primary N) is 1. The summed E-state index contributed by atoms with van der Waals surface area (Å²) in [5, 5.41) is -0.131. The molecule has 3 unspecified atom stereocenters. The molecular weight excluding hydrogens is 252 g/mol. The molecule has 5 heteroatoms. The highest BCUT2D eigenvalue weighted by Gasteiger charge is 2.29. The third kappa shape index (κ3) is 3.79. The van der Waals surface area contributed by atoms with Crippen LogP contribution in [0.1, 0.15) is 19.8 Å². The van der Waals surface area contributed by atoms with E-state index in [1.165, 1.54) is 0 Å². The summed E-state index contributed by atoms with van der Waals surface area (Å²) in [4.78, 5) is 13.8. The number of rotatable bonds is 5. The first-order chi connectivity index (χ1) is 7.82. The van der Waals surface area contributed by atoms with Gasteiger partial charge in [-0.3, -0.25) is 4.79 Å². The molecule has 0 aromatic carbocycles. The van der Waals surface area contributed by atoms with Gasteiger partial charge in [0.1, 0.15) is 0 Å². The van der Waals surface area contributed by atoms with Gasteiger partial charge in [0, 0.05) is 29.1 Å². The Balaban J connectivity index is 2.57. The van der Waals surface area contributed by atoms with Gasteiger partial charge in [-0.15, -0.1) is 0 Å². The van der Waals surface area contributed by atoms with Crippen LogP contribution in [-0.4, -0.2) is 33.8 Å². The number of likely N-dealkylation sites (tertiary alicyclic amines) is 1. The summed E-state index contributed by atoms with van der Waals surface area (Å²) in [5.41, 5.74) is 7.47. The zero-order chi connectivity index (χ0) is 13.2. The van der Waals surface area contributed by atoms with E-state index in [0.29, 0.717) is 12.8 Å². The molecule has 96 valence electrons. The monoisotopic (exact) mass is 272 g/mol. The molecule has 0 saturated carbocycles. The van der Waals surface area contributed by atoms with Crippen LogP contribution in [0.2, 0.25) is 0 Å². The number of ketones is 1. The topological polar surface area (TPSA) is 46.3 Å². The smallest absolute Gasteiger partial charge is 0.165 e. The molecule has 1 aliphatic heterocycles. The highest BCUT2D eigenvalue weighted by Crippen LogP contribution is 2.27. The second-order valence-electron chi connectivity index (χ2n) is 4.52. The SMILES string of the molecule is C=C1CC(N)C(=C)N1CC(=O)C(S)CC(C)S. The lowest BCUT2D eigenvalue weighted by Gasteiger charge is -2.22. The van der Waals surface area contributed by atoms with Gasteiger partial charge in [0.25, 0.3) is 0 Å². The quantitative estimate of drug-likeness (QED) is 0.667. The molecule has 0 bridgehead atoms. The molecule has 1 heterocycles. The zero-order valence-electron chi connectivity index (χ0n) is 10.1. The Labute approximate surface area is 114 Å². The predicted octanol–water partition coefficient (Wildman–Crippen LogP) is 1.62. The van der Waals surface area contributed by atoms with Gasteiger partial charge in [-0.1, -0.05) is 20.1 Å². The first-order valence-corrected chi connectivity index (χ1v) is 6.64. The fraction of sp³-hybridized carbons (Fsp3) is 0.583. The highest BCUT2D eigenvalue weighted by atomic mass is 32.1. The molecule has 0 aromatic heterocycles. The third-order valence-corrected chi connectivity index (χ3v) is 3.57. The molecule has 1 aliphatic rings. The Kier molecular flexibility index (Phi) is 5.16. The summed E-state index contributed by atoms with van der Waals surface area (Å²) in [6.07, 6.45) is 1.33. The van der Waals surface area contributed by atoms with Crippen molar-refractivity contribution in [1.82, 2.24) is 4.90 Å². The van der Waals surface area contributed by atoms with Crippen LogP contribution < -0.4 is 5.73 Å². The van der Waals surface area contributed by atoms with Gasteiger partial charge >= 0.3 is 0 Å². The van der Waals surface area contributed by atoms with Gasteiger partial charge in [-0.25, -0.2) is 0 Å². The normalized spacial score (nSPS) is 24.0. The number of carbonyl (C=O) groups excluding carboxylic acids is 1. The van der Waals surface area contributed by atoms with Crippen molar-refractivity contribution in [3.8, 4) is 0 Å². The van der Waals surface area contributed by atoms with Crippen LogP contribution in [-0.2, 0) is 4.79 Å². The summed E-state index contributed by atoms with van der Waals surface area (Å²) in [7, 11) is 0. The summed E-state index contributed by atoms with van der Waals surface area (Å²) in [6.45, 7) is 10.0. The van der Waals surface area contributed by atoms with E-state index in [0.717, 1.165) is 11.4 Å². The third-order valence-electron chi connectivity index (χ3n) is 2.86. The second kappa shape index (κ2) is 5.98. The molecule has 2 N–H and O–H groups in total. The Morgan fingerprint density at radius 1 is 1.59 bits per heavy atom. The largest absolute Gasteiger partial charge is 0.341 e. The zero-order valence-corrected chi connectivity index (χ0v) is 11.9. The highest BCUT2D eigenvalue weighted by molar-refractivity contribution is 7.82. The fourth-order valence-electron chi connectivity index (χ4n) is 1.81. The van der Waals surface area contributed by atoms with E-state index in [4.69, 9.17) is 5.73 Å². The van der Waals surface area contributed by atoms with Crippen LogP contribution in [0, 0.1) is 0 Å². The van der Waals surface area contributed by atoms with Crippen LogP contribution in [0.3, 0.4) is 0 Å². The first kappa shape index (κ1) is 14.7. The van der Waals surface area contributed by atoms with Crippen LogP contribution in [0.15, 0.2) is 24.6 Å². The van der Waals surface area contributed by atoms with Crippen molar-refractivity contribution in [3.63, 3.8) is 0 Å². The molecule has 3 nitrogen and oxygen atoms in total. The van der Waals surface area contributed by atoms with E-state index in [9.17, 15) is 4.79 Å². The van der Waals surface area contributed by atoms with Gasteiger partial charge in [-0.05, 0) is 6.42 Å². The number of thiol groups is 2. The molecule has 1 fully saturated rings. The van der Waals surface area contributed by atoms with Gasteiger partial charge in [0.05, 0.1) is 11.8 Å². The average molecular weight is 272 g/mol. The lowest BCUT2D eigenvalue weighted by molar-refractivity contribution is -0.119. The molecule has 0 aromatic rings. The second-order valence-corrected chi connectivity index (χ2v) is 6.03. The molecule has 3 atom stereocenters. The van der Waals surface area contributed by atoms with Crippen molar-refractivity contribution >= 4 is 31.0 Å². The van der Waals surface area contributed by atoms with Crippen molar-refractivity contribution in [2.45, 2.75) is 36.3 Å². The number of hydrogen-bond acceptors (Lipinski definition) is 5. The number of Topliss-reactive ketones (excluding diaryl/α,β-unsaturated/α-hetero) is 1. The van der Waals surface area contributed by atoms with Gasteiger partial charge in [0.2, 0.25) is 0 Å². The predicted molar refractivity (Wildman–Crippen MR) is 78.4 cm³/mol. The average Bonchev–Trinajstić information content (AvgIpc) is 2.44.